The number of hydrogen-bond acceptors (Lipinski definition) is 6. The molecule has 1 fully saturated rings. The van der Waals surface area contributed by atoms with Crippen LogP contribution < -0.4 is 10.6 Å². The highest BCUT2D eigenvalue weighted by Gasteiger charge is 2.24. The molecule has 7 nitrogen and oxygen atoms in total. The van der Waals surface area contributed by atoms with Crippen LogP contribution in [0.5, 0.6) is 0 Å². The molecule has 2 rings (SSSR count). The van der Waals surface area contributed by atoms with E-state index in [0.717, 1.165) is 11.4 Å². The van der Waals surface area contributed by atoms with Crippen molar-refractivity contribution in [2.45, 2.75) is 30.6 Å². The number of rotatable bonds is 8. The molecule has 0 aliphatic carbocycles. The molecule has 24 heavy (non-hydrogen) atoms. The molecule has 1 aliphatic heterocycles. The second kappa shape index (κ2) is 8.91. The van der Waals surface area contributed by atoms with E-state index >= 15 is 0 Å². The first-order valence-corrected chi connectivity index (χ1v) is 10.4. The van der Waals surface area contributed by atoms with Crippen LogP contribution >= 0.6 is 11.3 Å². The highest BCUT2D eigenvalue weighted by atomic mass is 32.2. The van der Waals surface area contributed by atoms with Gasteiger partial charge in [0.25, 0.3) is 10.0 Å². The van der Waals surface area contributed by atoms with Gasteiger partial charge in [-0.25, -0.2) is 8.42 Å². The van der Waals surface area contributed by atoms with Crippen LogP contribution in [0, 0.1) is 0 Å². The summed E-state index contributed by atoms with van der Waals surface area (Å²) >= 11 is 1.26. The number of nitrogens with one attached hydrogen (secondary N) is 2. The molecule has 1 aliphatic rings. The summed E-state index contributed by atoms with van der Waals surface area (Å²) in [5, 5.41) is 5.95. The molecule has 9 heteroatoms. The largest absolute Gasteiger partial charge is 0.366 e. The number of carbonyl (C=O) groups excluding carboxylic acids is 1. The van der Waals surface area contributed by atoms with Gasteiger partial charge in [-0.1, -0.05) is 13.8 Å². The molecule has 0 saturated carbocycles. The second-order valence-corrected chi connectivity index (χ2v) is 8.75. The third-order valence-corrected chi connectivity index (χ3v) is 7.49. The van der Waals surface area contributed by atoms with Crippen molar-refractivity contribution >= 4 is 27.3 Å². The molecule has 0 aromatic carbocycles. The maximum absolute atomic E-state index is 12.4. The number of sulfonamides is 1. The fourth-order valence-electron chi connectivity index (χ4n) is 2.48. The van der Waals surface area contributed by atoms with Crippen molar-refractivity contribution in [3.63, 3.8) is 0 Å². The van der Waals surface area contributed by atoms with Crippen LogP contribution in [-0.4, -0.2) is 64.1 Å². The molecule has 2 N–H and O–H groups in total. The predicted molar refractivity (Wildman–Crippen MR) is 93.7 cm³/mol. The van der Waals surface area contributed by atoms with Crippen molar-refractivity contribution in [2.24, 2.45) is 0 Å². The lowest BCUT2D eigenvalue weighted by Crippen LogP contribution is -2.48. The topological polar surface area (TPSA) is 87.7 Å². The highest BCUT2D eigenvalue weighted by Crippen LogP contribution is 2.25. The van der Waals surface area contributed by atoms with Crippen molar-refractivity contribution in [3.8, 4) is 0 Å². The number of hydrogen-bond donors (Lipinski definition) is 2. The van der Waals surface area contributed by atoms with E-state index in [0.29, 0.717) is 43.4 Å². The van der Waals surface area contributed by atoms with Gasteiger partial charge in [0.1, 0.15) is 10.3 Å². The molecule has 0 radical (unpaired) electrons. The normalized spacial score (nSPS) is 18.7. The Labute approximate surface area is 147 Å². The maximum Gasteiger partial charge on any atom is 0.252 e. The monoisotopic (exact) mass is 375 g/mol. The Hall–Kier alpha value is -1.00. The zero-order valence-electron chi connectivity index (χ0n) is 14.1. The summed E-state index contributed by atoms with van der Waals surface area (Å²) in [5.74, 6) is -0.130. The van der Waals surface area contributed by atoms with Crippen molar-refractivity contribution in [3.05, 3.63) is 17.0 Å². The standard InChI is InChI=1S/C15H25N3O4S2/c1-3-18(4-2)24(20,21)14-6-5-12(23-14)7-8-17-15(19)13-11-16-9-10-22-13/h5-6,13,16H,3-4,7-11H2,1-2H3,(H,17,19). The van der Waals surface area contributed by atoms with Gasteiger partial charge >= 0.3 is 0 Å². The van der Waals surface area contributed by atoms with Gasteiger partial charge in [-0.05, 0) is 18.6 Å². The Balaban J connectivity index is 1.86. The van der Waals surface area contributed by atoms with Crippen LogP contribution in [-0.2, 0) is 26.0 Å². The van der Waals surface area contributed by atoms with Crippen LogP contribution in [0.2, 0.25) is 0 Å². The fraction of sp³-hybridized carbons (Fsp3) is 0.667. The Morgan fingerprint density at radius 1 is 1.42 bits per heavy atom. The van der Waals surface area contributed by atoms with Gasteiger partial charge in [0.05, 0.1) is 6.61 Å². The van der Waals surface area contributed by atoms with E-state index < -0.39 is 16.1 Å². The first kappa shape index (κ1) is 19.3. The lowest BCUT2D eigenvalue weighted by Gasteiger charge is -2.22. The Morgan fingerprint density at radius 3 is 2.79 bits per heavy atom. The molecule has 0 spiro atoms. The molecule has 1 atom stereocenters. The van der Waals surface area contributed by atoms with Crippen LogP contribution in [0.25, 0.3) is 0 Å². The van der Waals surface area contributed by atoms with E-state index in [2.05, 4.69) is 10.6 Å². The molecule has 136 valence electrons. The molecule has 1 amide bonds. The third kappa shape index (κ3) is 4.76. The molecular formula is C15H25N3O4S2. The first-order valence-electron chi connectivity index (χ1n) is 8.18. The quantitative estimate of drug-likeness (QED) is 0.688. The number of amides is 1. The summed E-state index contributed by atoms with van der Waals surface area (Å²) in [6, 6.07) is 3.45. The molecule has 1 unspecified atom stereocenters. The molecule has 1 aromatic rings. The Bertz CT molecular complexity index is 635. The van der Waals surface area contributed by atoms with Crippen molar-refractivity contribution in [1.82, 2.24) is 14.9 Å². The number of ether oxygens (including phenoxy) is 1. The predicted octanol–water partition coefficient (Wildman–Crippen LogP) is 0.426. The zero-order chi connectivity index (χ0) is 17.6. The van der Waals surface area contributed by atoms with Gasteiger partial charge in [-0.3, -0.25) is 4.79 Å². The lowest BCUT2D eigenvalue weighted by atomic mass is 10.2. The number of morpholine rings is 1. The van der Waals surface area contributed by atoms with Gasteiger partial charge in [-0.15, -0.1) is 11.3 Å². The molecule has 1 saturated heterocycles. The van der Waals surface area contributed by atoms with Crippen molar-refractivity contribution in [1.29, 1.82) is 0 Å². The number of nitrogens with zero attached hydrogens (tertiary/aromatic N) is 1. The van der Waals surface area contributed by atoms with E-state index in [1.807, 2.05) is 19.9 Å². The minimum absolute atomic E-state index is 0.130. The van der Waals surface area contributed by atoms with E-state index in [9.17, 15) is 13.2 Å². The summed E-state index contributed by atoms with van der Waals surface area (Å²) in [5.41, 5.74) is 0. The highest BCUT2D eigenvalue weighted by molar-refractivity contribution is 7.91. The summed E-state index contributed by atoms with van der Waals surface area (Å²) in [6.45, 7) is 6.86. The summed E-state index contributed by atoms with van der Waals surface area (Å²) in [7, 11) is -3.40. The summed E-state index contributed by atoms with van der Waals surface area (Å²) in [4.78, 5) is 12.9. The second-order valence-electron chi connectivity index (χ2n) is 5.41. The Morgan fingerprint density at radius 2 is 2.17 bits per heavy atom. The average Bonchev–Trinajstić information content (AvgIpc) is 3.06. The minimum Gasteiger partial charge on any atom is -0.366 e. The Kier molecular flexibility index (Phi) is 7.17. The zero-order valence-corrected chi connectivity index (χ0v) is 15.7. The lowest BCUT2D eigenvalue weighted by molar-refractivity contribution is -0.134. The van der Waals surface area contributed by atoms with Crippen LogP contribution in [0.1, 0.15) is 18.7 Å². The van der Waals surface area contributed by atoms with E-state index in [4.69, 9.17) is 4.74 Å². The summed E-state index contributed by atoms with van der Waals surface area (Å²) < 4.78 is 32.1. The minimum atomic E-state index is -3.40. The molecular weight excluding hydrogens is 350 g/mol. The van der Waals surface area contributed by atoms with Gasteiger partial charge in [0.15, 0.2) is 0 Å². The van der Waals surface area contributed by atoms with E-state index in [1.165, 1.54) is 15.6 Å². The maximum atomic E-state index is 12.4. The van der Waals surface area contributed by atoms with Gasteiger partial charge in [0.2, 0.25) is 5.91 Å². The SMILES string of the molecule is CCN(CC)S(=O)(=O)c1ccc(CCNC(=O)C2CNCCO2)s1. The van der Waals surface area contributed by atoms with E-state index in [-0.39, 0.29) is 5.91 Å². The molecule has 2 heterocycles. The third-order valence-electron chi connectivity index (χ3n) is 3.83. The molecule has 0 bridgehead atoms. The first-order chi connectivity index (χ1) is 11.5. The van der Waals surface area contributed by atoms with E-state index in [1.54, 1.807) is 6.07 Å². The summed E-state index contributed by atoms with van der Waals surface area (Å²) in [6.07, 6.45) is 0.158. The van der Waals surface area contributed by atoms with Crippen LogP contribution in [0.3, 0.4) is 0 Å². The smallest absolute Gasteiger partial charge is 0.252 e. The van der Waals surface area contributed by atoms with Crippen molar-refractivity contribution < 1.29 is 17.9 Å². The number of carbonyl (C=O) groups is 1. The molecule has 1 aromatic heterocycles. The van der Waals surface area contributed by atoms with Crippen LogP contribution in [0.15, 0.2) is 16.3 Å². The van der Waals surface area contributed by atoms with Gasteiger partial charge < -0.3 is 15.4 Å². The van der Waals surface area contributed by atoms with Crippen molar-refractivity contribution in [2.75, 3.05) is 39.3 Å². The average molecular weight is 376 g/mol. The van der Waals surface area contributed by atoms with Gasteiger partial charge in [-0.2, -0.15) is 4.31 Å². The van der Waals surface area contributed by atoms with Crippen LogP contribution in [0.4, 0.5) is 0 Å². The van der Waals surface area contributed by atoms with Gasteiger partial charge in [0, 0.05) is 37.6 Å². The number of thiophene rings is 1. The fourth-order valence-corrected chi connectivity index (χ4v) is 5.45.